The second kappa shape index (κ2) is 9.54. The molecule has 2 fully saturated rings. The summed E-state index contributed by atoms with van der Waals surface area (Å²) in [4.78, 5) is 52.3. The van der Waals surface area contributed by atoms with Gasteiger partial charge in [-0.3, -0.25) is 34.3 Å². The van der Waals surface area contributed by atoms with Crippen molar-refractivity contribution >= 4 is 29.3 Å². The number of nitrogens with zero attached hydrogens (tertiary/aromatic N) is 2. The van der Waals surface area contributed by atoms with E-state index in [-0.39, 0.29) is 29.9 Å². The lowest BCUT2D eigenvalue weighted by atomic mass is 10.0. The number of benzene rings is 1. The summed E-state index contributed by atoms with van der Waals surface area (Å²) >= 11 is 0. The number of hydrogen-bond donors (Lipinski definition) is 3. The molecule has 166 valence electrons. The molecule has 1 aromatic carbocycles. The van der Waals surface area contributed by atoms with Crippen LogP contribution in [-0.2, 0) is 14.3 Å². The summed E-state index contributed by atoms with van der Waals surface area (Å²) in [7, 11) is 0. The van der Waals surface area contributed by atoms with Crippen LogP contribution in [0.3, 0.4) is 0 Å². The van der Waals surface area contributed by atoms with Crippen molar-refractivity contribution in [3.63, 3.8) is 0 Å². The highest BCUT2D eigenvalue weighted by Crippen LogP contribution is 2.29. The van der Waals surface area contributed by atoms with E-state index in [2.05, 4.69) is 20.9 Å². The Morgan fingerprint density at radius 1 is 1.03 bits per heavy atom. The predicted octanol–water partition coefficient (Wildman–Crippen LogP) is -0.578. The lowest BCUT2D eigenvalue weighted by molar-refractivity contribution is -0.136. The van der Waals surface area contributed by atoms with Gasteiger partial charge in [0.1, 0.15) is 6.04 Å². The van der Waals surface area contributed by atoms with Crippen molar-refractivity contribution in [2.75, 3.05) is 57.8 Å². The Hall–Kier alpha value is -2.82. The summed E-state index contributed by atoms with van der Waals surface area (Å²) in [6.45, 7) is 6.79. The van der Waals surface area contributed by atoms with Crippen molar-refractivity contribution in [3.05, 3.63) is 29.3 Å². The second-order valence-electron chi connectivity index (χ2n) is 7.84. The number of amides is 4. The van der Waals surface area contributed by atoms with Crippen molar-refractivity contribution in [1.29, 1.82) is 0 Å². The van der Waals surface area contributed by atoms with Crippen molar-refractivity contribution in [2.24, 2.45) is 0 Å². The number of carbonyl (C=O) groups excluding carboxylic acids is 4. The van der Waals surface area contributed by atoms with E-state index in [0.29, 0.717) is 25.4 Å². The summed E-state index contributed by atoms with van der Waals surface area (Å²) in [5.41, 5.74) is 1.24. The van der Waals surface area contributed by atoms with E-state index in [0.717, 1.165) is 37.6 Å². The number of piperidine rings is 1. The summed E-state index contributed by atoms with van der Waals surface area (Å²) in [6, 6.07) is 4.00. The van der Waals surface area contributed by atoms with Gasteiger partial charge in [-0.25, -0.2) is 0 Å². The summed E-state index contributed by atoms with van der Waals surface area (Å²) in [5.74, 6) is -2.01. The maximum absolute atomic E-state index is 12.8. The molecule has 3 aliphatic rings. The number of anilines is 1. The molecule has 3 N–H and O–H groups in total. The van der Waals surface area contributed by atoms with E-state index in [1.54, 1.807) is 18.2 Å². The van der Waals surface area contributed by atoms with Gasteiger partial charge in [0.15, 0.2) is 0 Å². The number of piperazine rings is 1. The van der Waals surface area contributed by atoms with Gasteiger partial charge >= 0.3 is 0 Å². The molecule has 0 spiro atoms. The molecule has 1 unspecified atom stereocenters. The Morgan fingerprint density at radius 2 is 1.81 bits per heavy atom. The first-order valence-electron chi connectivity index (χ1n) is 10.6. The van der Waals surface area contributed by atoms with E-state index in [1.165, 1.54) is 0 Å². The summed E-state index contributed by atoms with van der Waals surface area (Å²) < 4.78 is 5.68. The van der Waals surface area contributed by atoms with Gasteiger partial charge in [-0.05, 0) is 24.6 Å². The third-order valence-corrected chi connectivity index (χ3v) is 5.78. The Kier molecular flexibility index (Phi) is 6.59. The Morgan fingerprint density at radius 3 is 2.58 bits per heavy atom. The molecule has 31 heavy (non-hydrogen) atoms. The van der Waals surface area contributed by atoms with Crippen molar-refractivity contribution < 1.29 is 23.9 Å². The molecule has 0 aromatic heterocycles. The zero-order valence-corrected chi connectivity index (χ0v) is 17.3. The number of ether oxygens (including phenoxy) is 1. The highest BCUT2D eigenvalue weighted by atomic mass is 16.5. The third-order valence-electron chi connectivity index (χ3n) is 5.78. The van der Waals surface area contributed by atoms with Gasteiger partial charge in [0.25, 0.3) is 11.8 Å². The highest BCUT2D eigenvalue weighted by Gasteiger charge is 2.44. The highest BCUT2D eigenvalue weighted by molar-refractivity contribution is 6.23. The Labute approximate surface area is 180 Å². The number of nitrogens with one attached hydrogen (secondary N) is 3. The molecular formula is C21H27N5O5. The molecule has 0 aliphatic carbocycles. The van der Waals surface area contributed by atoms with Gasteiger partial charge < -0.3 is 15.4 Å². The lowest BCUT2D eigenvalue weighted by Gasteiger charge is -2.27. The molecule has 4 rings (SSSR count). The Bertz CT molecular complexity index is 883. The van der Waals surface area contributed by atoms with Crippen molar-refractivity contribution in [1.82, 2.24) is 20.4 Å². The summed E-state index contributed by atoms with van der Waals surface area (Å²) in [6.07, 6.45) is 0.248. The van der Waals surface area contributed by atoms with Crippen molar-refractivity contribution in [2.45, 2.75) is 18.9 Å². The van der Waals surface area contributed by atoms with Gasteiger partial charge in [-0.1, -0.05) is 0 Å². The molecule has 0 radical (unpaired) electrons. The monoisotopic (exact) mass is 429 g/mol. The lowest BCUT2D eigenvalue weighted by Crippen LogP contribution is -2.54. The van der Waals surface area contributed by atoms with Crippen LogP contribution in [0.25, 0.3) is 0 Å². The quantitative estimate of drug-likeness (QED) is 0.371. The molecule has 0 bridgehead atoms. The maximum Gasteiger partial charge on any atom is 0.262 e. The maximum atomic E-state index is 12.8. The molecule has 3 heterocycles. The van der Waals surface area contributed by atoms with Gasteiger partial charge in [0, 0.05) is 51.4 Å². The average molecular weight is 429 g/mol. The van der Waals surface area contributed by atoms with E-state index in [1.807, 2.05) is 0 Å². The molecule has 3 aliphatic heterocycles. The first kappa shape index (κ1) is 21.4. The molecule has 10 nitrogen and oxygen atoms in total. The van der Waals surface area contributed by atoms with E-state index < -0.39 is 23.8 Å². The van der Waals surface area contributed by atoms with Crippen LogP contribution in [0, 0.1) is 0 Å². The summed E-state index contributed by atoms with van der Waals surface area (Å²) in [5, 5.41) is 8.72. The zero-order chi connectivity index (χ0) is 21.8. The number of hydrogen-bond acceptors (Lipinski definition) is 8. The minimum atomic E-state index is -0.953. The number of fused-ring (bicyclic) bond motifs is 1. The van der Waals surface area contributed by atoms with Gasteiger partial charge in [0.2, 0.25) is 11.8 Å². The topological polar surface area (TPSA) is 120 Å². The normalized spacial score (nSPS) is 21.9. The number of rotatable bonds is 8. The van der Waals surface area contributed by atoms with Gasteiger partial charge in [-0.2, -0.15) is 0 Å². The van der Waals surface area contributed by atoms with Crippen molar-refractivity contribution in [3.8, 4) is 0 Å². The van der Waals surface area contributed by atoms with Crippen LogP contribution in [0.1, 0.15) is 33.6 Å². The standard InChI is InChI=1S/C21H27N5O5/c27-18-4-3-17(19(28)24-18)26-20(29)15-2-1-14(13-16(15)21(26)30)23-7-11-31-12-10-25-8-5-22-6-9-25/h1-2,13,17,22-23H,3-12H2,(H,24,27,28). The first-order valence-corrected chi connectivity index (χ1v) is 10.6. The predicted molar refractivity (Wildman–Crippen MR) is 112 cm³/mol. The van der Waals surface area contributed by atoms with Gasteiger partial charge in [-0.15, -0.1) is 0 Å². The van der Waals surface area contributed by atoms with Crippen LogP contribution in [0.15, 0.2) is 18.2 Å². The van der Waals surface area contributed by atoms with Crippen LogP contribution >= 0.6 is 0 Å². The van der Waals surface area contributed by atoms with E-state index >= 15 is 0 Å². The fraction of sp³-hybridized carbons (Fsp3) is 0.524. The SMILES string of the molecule is O=C1CCC(N2C(=O)c3ccc(NCCOCCN4CCNCC4)cc3C2=O)C(=O)N1. The van der Waals surface area contributed by atoms with E-state index in [9.17, 15) is 19.2 Å². The molecule has 0 saturated carbocycles. The van der Waals surface area contributed by atoms with Crippen LogP contribution in [0.5, 0.6) is 0 Å². The third kappa shape index (κ3) is 4.76. The molecule has 1 aromatic rings. The van der Waals surface area contributed by atoms with Gasteiger partial charge in [0.05, 0.1) is 24.3 Å². The fourth-order valence-electron chi connectivity index (χ4n) is 4.08. The molecule has 4 amide bonds. The largest absolute Gasteiger partial charge is 0.383 e. The molecular weight excluding hydrogens is 402 g/mol. The van der Waals surface area contributed by atoms with Crippen LogP contribution in [-0.4, -0.2) is 92.0 Å². The molecule has 1 atom stereocenters. The number of imide groups is 2. The average Bonchev–Trinajstić information content (AvgIpc) is 3.01. The minimum absolute atomic E-state index is 0.102. The minimum Gasteiger partial charge on any atom is -0.383 e. The van der Waals surface area contributed by atoms with Crippen LogP contribution in [0.2, 0.25) is 0 Å². The smallest absolute Gasteiger partial charge is 0.262 e. The number of carbonyl (C=O) groups is 4. The van der Waals surface area contributed by atoms with Crippen LogP contribution < -0.4 is 16.0 Å². The fourth-order valence-corrected chi connectivity index (χ4v) is 4.08. The van der Waals surface area contributed by atoms with E-state index in [4.69, 9.17) is 4.74 Å². The zero-order valence-electron chi connectivity index (χ0n) is 17.3. The first-order chi connectivity index (χ1) is 15.0. The Balaban J connectivity index is 1.28. The van der Waals surface area contributed by atoms with Crippen LogP contribution in [0.4, 0.5) is 5.69 Å². The molecule has 10 heteroatoms. The molecule has 2 saturated heterocycles. The second-order valence-corrected chi connectivity index (χ2v) is 7.84.